The molecule has 3 heteroatoms. The highest BCUT2D eigenvalue weighted by Crippen LogP contribution is 2.13. The summed E-state index contributed by atoms with van der Waals surface area (Å²) in [4.78, 5) is 10.8. The number of hydrazone groups is 1. The van der Waals surface area contributed by atoms with Crippen LogP contribution in [-0.4, -0.2) is 22.7 Å². The maximum atomic E-state index is 10.8. The standard InChI is InChI=1S/C7H12N2O/c1-5-4-6(2)9(8-5)7(3)10/h6H,4H2,1-3H3. The van der Waals surface area contributed by atoms with Crippen molar-refractivity contribution >= 4 is 11.6 Å². The van der Waals surface area contributed by atoms with Gasteiger partial charge in [0.1, 0.15) is 0 Å². The van der Waals surface area contributed by atoms with Gasteiger partial charge in [0.25, 0.3) is 0 Å². The Balaban J connectivity index is 2.69. The molecule has 1 aliphatic heterocycles. The summed E-state index contributed by atoms with van der Waals surface area (Å²) in [7, 11) is 0. The number of nitrogens with zero attached hydrogens (tertiary/aromatic N) is 2. The molecule has 1 rings (SSSR count). The first kappa shape index (κ1) is 7.25. The number of hydrogen-bond donors (Lipinski definition) is 0. The lowest BCUT2D eigenvalue weighted by molar-refractivity contribution is -0.130. The van der Waals surface area contributed by atoms with Gasteiger partial charge in [0.05, 0.1) is 6.04 Å². The fourth-order valence-electron chi connectivity index (χ4n) is 1.22. The maximum Gasteiger partial charge on any atom is 0.239 e. The van der Waals surface area contributed by atoms with Gasteiger partial charge in [-0.2, -0.15) is 5.10 Å². The third-order valence-electron chi connectivity index (χ3n) is 1.61. The number of amides is 1. The summed E-state index contributed by atoms with van der Waals surface area (Å²) in [6, 6.07) is 0.262. The van der Waals surface area contributed by atoms with Gasteiger partial charge < -0.3 is 0 Å². The molecule has 0 aliphatic carbocycles. The van der Waals surface area contributed by atoms with E-state index in [1.807, 2.05) is 13.8 Å². The quantitative estimate of drug-likeness (QED) is 0.494. The average Bonchev–Trinajstić information content (AvgIpc) is 2.10. The molecule has 0 saturated carbocycles. The summed E-state index contributed by atoms with van der Waals surface area (Å²) in [5, 5.41) is 5.61. The van der Waals surface area contributed by atoms with Crippen LogP contribution >= 0.6 is 0 Å². The van der Waals surface area contributed by atoms with Gasteiger partial charge in [0.15, 0.2) is 0 Å². The van der Waals surface area contributed by atoms with E-state index in [2.05, 4.69) is 5.10 Å². The van der Waals surface area contributed by atoms with E-state index < -0.39 is 0 Å². The highest BCUT2D eigenvalue weighted by molar-refractivity contribution is 5.87. The summed E-state index contributed by atoms with van der Waals surface area (Å²) in [6.45, 7) is 5.49. The minimum absolute atomic E-state index is 0.0318. The van der Waals surface area contributed by atoms with Crippen molar-refractivity contribution in [1.82, 2.24) is 5.01 Å². The lowest BCUT2D eigenvalue weighted by Gasteiger charge is -2.14. The normalized spacial score (nSPS) is 24.9. The van der Waals surface area contributed by atoms with Crippen LogP contribution in [0, 0.1) is 0 Å². The van der Waals surface area contributed by atoms with E-state index >= 15 is 0 Å². The fraction of sp³-hybridized carbons (Fsp3) is 0.714. The van der Waals surface area contributed by atoms with Crippen molar-refractivity contribution in [1.29, 1.82) is 0 Å². The molecule has 0 radical (unpaired) electrons. The molecule has 1 aliphatic rings. The average molecular weight is 140 g/mol. The van der Waals surface area contributed by atoms with Gasteiger partial charge in [-0.25, -0.2) is 5.01 Å². The topological polar surface area (TPSA) is 32.7 Å². The zero-order chi connectivity index (χ0) is 7.72. The Morgan fingerprint density at radius 1 is 1.80 bits per heavy atom. The van der Waals surface area contributed by atoms with Crippen LogP contribution in [0.25, 0.3) is 0 Å². The summed E-state index contributed by atoms with van der Waals surface area (Å²) >= 11 is 0. The van der Waals surface area contributed by atoms with E-state index in [1.165, 1.54) is 5.01 Å². The lowest BCUT2D eigenvalue weighted by Crippen LogP contribution is -2.27. The van der Waals surface area contributed by atoms with Gasteiger partial charge in [-0.1, -0.05) is 0 Å². The van der Waals surface area contributed by atoms with Gasteiger partial charge in [-0.05, 0) is 13.8 Å². The first-order chi connectivity index (χ1) is 4.61. The molecule has 0 N–H and O–H groups in total. The van der Waals surface area contributed by atoms with E-state index in [0.29, 0.717) is 0 Å². The summed E-state index contributed by atoms with van der Waals surface area (Å²) in [5.74, 6) is 0.0318. The zero-order valence-corrected chi connectivity index (χ0v) is 6.59. The molecular formula is C7H12N2O. The minimum atomic E-state index is 0.0318. The van der Waals surface area contributed by atoms with Crippen molar-refractivity contribution in [2.75, 3.05) is 0 Å². The highest BCUT2D eigenvalue weighted by Gasteiger charge is 2.22. The molecule has 0 saturated heterocycles. The largest absolute Gasteiger partial charge is 0.273 e. The van der Waals surface area contributed by atoms with E-state index in [-0.39, 0.29) is 11.9 Å². The van der Waals surface area contributed by atoms with Crippen LogP contribution in [0.3, 0.4) is 0 Å². The molecule has 0 bridgehead atoms. The van der Waals surface area contributed by atoms with Crippen molar-refractivity contribution in [2.24, 2.45) is 5.10 Å². The summed E-state index contributed by atoms with van der Waals surface area (Å²) in [5.41, 5.74) is 1.04. The van der Waals surface area contributed by atoms with E-state index in [9.17, 15) is 4.79 Å². The molecule has 1 amide bonds. The Morgan fingerprint density at radius 3 is 2.60 bits per heavy atom. The predicted octanol–water partition coefficient (Wildman–Crippen LogP) is 1.00. The van der Waals surface area contributed by atoms with Crippen molar-refractivity contribution in [3.8, 4) is 0 Å². The van der Waals surface area contributed by atoms with E-state index in [4.69, 9.17) is 0 Å². The summed E-state index contributed by atoms with van der Waals surface area (Å²) < 4.78 is 0. The molecule has 0 aromatic rings. The van der Waals surface area contributed by atoms with Crippen LogP contribution in [0.2, 0.25) is 0 Å². The highest BCUT2D eigenvalue weighted by atomic mass is 16.2. The number of hydrogen-bond acceptors (Lipinski definition) is 2. The minimum Gasteiger partial charge on any atom is -0.273 e. The second kappa shape index (κ2) is 2.40. The van der Waals surface area contributed by atoms with Crippen molar-refractivity contribution in [3.05, 3.63) is 0 Å². The zero-order valence-electron chi connectivity index (χ0n) is 6.59. The Morgan fingerprint density at radius 2 is 2.40 bits per heavy atom. The smallest absolute Gasteiger partial charge is 0.239 e. The number of rotatable bonds is 0. The Kier molecular flexibility index (Phi) is 1.74. The second-order valence-corrected chi connectivity index (χ2v) is 2.75. The SMILES string of the molecule is CC(=O)N1N=C(C)CC1C. The third-order valence-corrected chi connectivity index (χ3v) is 1.61. The molecule has 0 aromatic carbocycles. The third kappa shape index (κ3) is 1.17. The van der Waals surface area contributed by atoms with Crippen molar-refractivity contribution < 1.29 is 4.79 Å². The number of carbonyl (C=O) groups is 1. The molecular weight excluding hydrogens is 128 g/mol. The Bertz CT molecular complexity index is 186. The molecule has 10 heavy (non-hydrogen) atoms. The van der Waals surface area contributed by atoms with Gasteiger partial charge in [-0.15, -0.1) is 0 Å². The van der Waals surface area contributed by atoms with Crippen LogP contribution < -0.4 is 0 Å². The monoisotopic (exact) mass is 140 g/mol. The van der Waals surface area contributed by atoms with E-state index in [0.717, 1.165) is 12.1 Å². The predicted molar refractivity (Wildman–Crippen MR) is 39.7 cm³/mol. The first-order valence-electron chi connectivity index (χ1n) is 3.45. The van der Waals surface area contributed by atoms with Crippen molar-refractivity contribution in [2.45, 2.75) is 33.2 Å². The molecule has 1 atom stereocenters. The van der Waals surface area contributed by atoms with Crippen LogP contribution in [-0.2, 0) is 4.79 Å². The Hall–Kier alpha value is -0.860. The van der Waals surface area contributed by atoms with Crippen LogP contribution in [0.15, 0.2) is 5.10 Å². The van der Waals surface area contributed by atoms with Gasteiger partial charge >= 0.3 is 0 Å². The van der Waals surface area contributed by atoms with Gasteiger partial charge in [0, 0.05) is 19.1 Å². The van der Waals surface area contributed by atoms with Crippen LogP contribution in [0.5, 0.6) is 0 Å². The molecule has 0 aromatic heterocycles. The van der Waals surface area contributed by atoms with Crippen LogP contribution in [0.4, 0.5) is 0 Å². The fourth-order valence-corrected chi connectivity index (χ4v) is 1.22. The first-order valence-corrected chi connectivity index (χ1v) is 3.45. The van der Waals surface area contributed by atoms with E-state index in [1.54, 1.807) is 6.92 Å². The molecule has 0 fully saturated rings. The Labute approximate surface area is 60.7 Å². The van der Waals surface area contributed by atoms with Gasteiger partial charge in [-0.3, -0.25) is 4.79 Å². The molecule has 56 valence electrons. The lowest BCUT2D eigenvalue weighted by atomic mass is 10.2. The maximum absolute atomic E-state index is 10.8. The molecule has 3 nitrogen and oxygen atoms in total. The van der Waals surface area contributed by atoms with Crippen LogP contribution in [0.1, 0.15) is 27.2 Å². The van der Waals surface area contributed by atoms with Crippen molar-refractivity contribution in [3.63, 3.8) is 0 Å². The second-order valence-electron chi connectivity index (χ2n) is 2.75. The summed E-state index contributed by atoms with van der Waals surface area (Å²) in [6.07, 6.45) is 0.916. The number of carbonyl (C=O) groups excluding carboxylic acids is 1. The van der Waals surface area contributed by atoms with Gasteiger partial charge in [0.2, 0.25) is 5.91 Å². The molecule has 1 unspecified atom stereocenters. The molecule has 0 spiro atoms. The molecule has 1 heterocycles.